The Morgan fingerprint density at radius 3 is 2.80 bits per heavy atom. The van der Waals surface area contributed by atoms with Gasteiger partial charge in [-0.15, -0.1) is 0 Å². The predicted molar refractivity (Wildman–Crippen MR) is 50.3 cm³/mol. The van der Waals surface area contributed by atoms with Crippen molar-refractivity contribution in [1.29, 1.82) is 5.26 Å². The van der Waals surface area contributed by atoms with Crippen LogP contribution < -0.4 is 5.73 Å². The van der Waals surface area contributed by atoms with E-state index in [-0.39, 0.29) is 12.0 Å². The predicted octanol–water partition coefficient (Wildman–Crippen LogP) is 1.17. The fourth-order valence-electron chi connectivity index (χ4n) is 1.16. The Morgan fingerprint density at radius 1 is 1.67 bits per heavy atom. The third-order valence-corrected chi connectivity index (χ3v) is 1.94. The van der Waals surface area contributed by atoms with Crippen LogP contribution in [-0.2, 0) is 4.79 Å². The first-order valence-electron chi connectivity index (χ1n) is 4.21. The number of hydrogen-bond acceptors (Lipinski definition) is 3. The summed E-state index contributed by atoms with van der Waals surface area (Å²) in [6, 6.07) is 4.74. The Balaban J connectivity index is 2.93. The first kappa shape index (κ1) is 11.1. The van der Waals surface area contributed by atoms with Crippen molar-refractivity contribution in [3.63, 3.8) is 0 Å². The van der Waals surface area contributed by atoms with Gasteiger partial charge in [0.15, 0.2) is 0 Å². The van der Waals surface area contributed by atoms with E-state index in [0.29, 0.717) is 5.56 Å². The second kappa shape index (κ2) is 4.53. The second-order valence-corrected chi connectivity index (χ2v) is 3.06. The molecule has 0 spiro atoms. The van der Waals surface area contributed by atoms with Crippen LogP contribution >= 0.6 is 0 Å². The highest BCUT2D eigenvalue weighted by Gasteiger charge is 2.12. The van der Waals surface area contributed by atoms with E-state index in [1.165, 1.54) is 12.1 Å². The summed E-state index contributed by atoms with van der Waals surface area (Å²) in [7, 11) is 0. The fraction of sp³-hybridized carbons (Fsp3) is 0.200. The zero-order chi connectivity index (χ0) is 11.4. The van der Waals surface area contributed by atoms with Crippen molar-refractivity contribution in [3.8, 4) is 6.07 Å². The molecule has 1 rings (SSSR count). The Hall–Kier alpha value is -1.93. The summed E-state index contributed by atoms with van der Waals surface area (Å²) in [5.41, 5.74) is 5.81. The number of carboxylic acids is 1. The lowest BCUT2D eigenvalue weighted by molar-refractivity contribution is -0.137. The minimum Gasteiger partial charge on any atom is -0.481 e. The van der Waals surface area contributed by atoms with Crippen LogP contribution in [0.1, 0.15) is 23.6 Å². The highest BCUT2D eigenvalue weighted by atomic mass is 19.1. The van der Waals surface area contributed by atoms with Crippen LogP contribution in [0.4, 0.5) is 4.39 Å². The third-order valence-electron chi connectivity index (χ3n) is 1.94. The molecule has 5 heteroatoms. The molecule has 1 aromatic carbocycles. The summed E-state index contributed by atoms with van der Waals surface area (Å²) >= 11 is 0. The third kappa shape index (κ3) is 2.76. The maximum absolute atomic E-state index is 13.1. The molecule has 0 aromatic heterocycles. The number of nitrogens with two attached hydrogens (primary N) is 1. The number of benzene rings is 1. The van der Waals surface area contributed by atoms with Gasteiger partial charge in [-0.25, -0.2) is 4.39 Å². The van der Waals surface area contributed by atoms with Crippen LogP contribution in [0.15, 0.2) is 18.2 Å². The maximum atomic E-state index is 13.1. The van der Waals surface area contributed by atoms with Gasteiger partial charge in [0, 0.05) is 6.04 Å². The SMILES string of the molecule is N#Cc1ccc(C(N)CC(=O)O)cc1F. The number of halogens is 1. The molecule has 1 atom stereocenters. The molecule has 0 saturated carbocycles. The smallest absolute Gasteiger partial charge is 0.305 e. The molecule has 0 saturated heterocycles. The van der Waals surface area contributed by atoms with Crippen molar-refractivity contribution in [3.05, 3.63) is 35.1 Å². The van der Waals surface area contributed by atoms with E-state index in [9.17, 15) is 9.18 Å². The number of nitriles is 1. The monoisotopic (exact) mass is 208 g/mol. The average molecular weight is 208 g/mol. The molecule has 0 bridgehead atoms. The molecule has 15 heavy (non-hydrogen) atoms. The molecule has 1 unspecified atom stereocenters. The minimum absolute atomic E-state index is 0.0822. The van der Waals surface area contributed by atoms with Gasteiger partial charge in [0.2, 0.25) is 0 Å². The highest BCUT2D eigenvalue weighted by molar-refractivity contribution is 5.67. The number of hydrogen-bond donors (Lipinski definition) is 2. The van der Waals surface area contributed by atoms with Gasteiger partial charge in [0.1, 0.15) is 11.9 Å². The van der Waals surface area contributed by atoms with E-state index in [1.54, 1.807) is 6.07 Å². The molecule has 0 aliphatic carbocycles. The van der Waals surface area contributed by atoms with Crippen molar-refractivity contribution in [2.75, 3.05) is 0 Å². The normalized spacial score (nSPS) is 11.8. The molecule has 0 fully saturated rings. The van der Waals surface area contributed by atoms with E-state index in [2.05, 4.69) is 0 Å². The van der Waals surface area contributed by atoms with Crippen LogP contribution in [0.3, 0.4) is 0 Å². The Morgan fingerprint density at radius 2 is 2.33 bits per heavy atom. The minimum atomic E-state index is -1.05. The highest BCUT2D eigenvalue weighted by Crippen LogP contribution is 2.17. The quantitative estimate of drug-likeness (QED) is 0.780. The van der Waals surface area contributed by atoms with Crippen LogP contribution in [0, 0.1) is 17.1 Å². The number of carbonyl (C=O) groups is 1. The maximum Gasteiger partial charge on any atom is 0.305 e. The summed E-state index contributed by atoms with van der Waals surface area (Å²) in [4.78, 5) is 10.4. The Bertz CT molecular complexity index is 426. The zero-order valence-electron chi connectivity index (χ0n) is 7.77. The van der Waals surface area contributed by atoms with Gasteiger partial charge < -0.3 is 10.8 Å². The molecule has 0 aliphatic heterocycles. The van der Waals surface area contributed by atoms with E-state index in [1.807, 2.05) is 0 Å². The molecule has 0 heterocycles. The van der Waals surface area contributed by atoms with Gasteiger partial charge in [-0.05, 0) is 17.7 Å². The molecule has 1 aromatic rings. The van der Waals surface area contributed by atoms with Crippen molar-refractivity contribution in [2.45, 2.75) is 12.5 Å². The lowest BCUT2D eigenvalue weighted by atomic mass is 10.0. The van der Waals surface area contributed by atoms with Gasteiger partial charge in [-0.3, -0.25) is 4.79 Å². The summed E-state index contributed by atoms with van der Waals surface area (Å²) in [6.07, 6.45) is -0.272. The standard InChI is InChI=1S/C10H9FN2O2/c11-8-3-6(1-2-7(8)5-12)9(13)4-10(14)15/h1-3,9H,4,13H2,(H,14,15). The van der Waals surface area contributed by atoms with E-state index >= 15 is 0 Å². The zero-order valence-corrected chi connectivity index (χ0v) is 7.77. The van der Waals surface area contributed by atoms with Crippen molar-refractivity contribution in [2.24, 2.45) is 5.73 Å². The first-order valence-corrected chi connectivity index (χ1v) is 4.21. The summed E-state index contributed by atoms with van der Waals surface area (Å²) < 4.78 is 13.1. The second-order valence-electron chi connectivity index (χ2n) is 3.06. The van der Waals surface area contributed by atoms with E-state index in [4.69, 9.17) is 16.1 Å². The molecule has 0 aliphatic rings. The number of aliphatic carboxylic acids is 1. The van der Waals surface area contributed by atoms with Gasteiger partial charge >= 0.3 is 5.97 Å². The molecule has 78 valence electrons. The van der Waals surface area contributed by atoms with Crippen molar-refractivity contribution in [1.82, 2.24) is 0 Å². The first-order chi connectivity index (χ1) is 7.04. The fourth-order valence-corrected chi connectivity index (χ4v) is 1.16. The van der Waals surface area contributed by atoms with Crippen molar-refractivity contribution >= 4 is 5.97 Å². The van der Waals surface area contributed by atoms with Crippen LogP contribution in [-0.4, -0.2) is 11.1 Å². The van der Waals surface area contributed by atoms with Crippen LogP contribution in [0.25, 0.3) is 0 Å². The van der Waals surface area contributed by atoms with Crippen LogP contribution in [0.5, 0.6) is 0 Å². The lowest BCUT2D eigenvalue weighted by Crippen LogP contribution is -2.15. The summed E-state index contributed by atoms with van der Waals surface area (Å²) in [5.74, 6) is -1.73. The number of carboxylic acid groups (broad SMARTS) is 1. The van der Waals surface area contributed by atoms with Crippen LogP contribution in [0.2, 0.25) is 0 Å². The van der Waals surface area contributed by atoms with E-state index < -0.39 is 17.8 Å². The summed E-state index contributed by atoms with van der Waals surface area (Å²) in [5, 5.41) is 17.0. The molecular weight excluding hydrogens is 199 g/mol. The van der Waals surface area contributed by atoms with E-state index in [0.717, 1.165) is 6.07 Å². The number of rotatable bonds is 3. The number of nitrogens with zero attached hydrogens (tertiary/aromatic N) is 1. The van der Waals surface area contributed by atoms with Gasteiger partial charge in [-0.1, -0.05) is 6.07 Å². The molecule has 0 amide bonds. The van der Waals surface area contributed by atoms with Gasteiger partial charge in [-0.2, -0.15) is 5.26 Å². The molecule has 4 nitrogen and oxygen atoms in total. The van der Waals surface area contributed by atoms with Gasteiger partial charge in [0.25, 0.3) is 0 Å². The molecular formula is C10H9FN2O2. The Labute approximate surface area is 85.7 Å². The Kier molecular flexibility index (Phi) is 3.37. The van der Waals surface area contributed by atoms with Gasteiger partial charge in [0.05, 0.1) is 12.0 Å². The average Bonchev–Trinajstić information content (AvgIpc) is 2.16. The molecule has 0 radical (unpaired) electrons. The summed E-state index contributed by atoms with van der Waals surface area (Å²) in [6.45, 7) is 0. The largest absolute Gasteiger partial charge is 0.481 e. The lowest BCUT2D eigenvalue weighted by Gasteiger charge is -2.09. The van der Waals surface area contributed by atoms with Crippen molar-refractivity contribution < 1.29 is 14.3 Å². The molecule has 3 N–H and O–H groups in total. The topological polar surface area (TPSA) is 87.1 Å².